The van der Waals surface area contributed by atoms with Crippen molar-refractivity contribution in [3.8, 4) is 0 Å². The van der Waals surface area contributed by atoms with Gasteiger partial charge in [0.1, 0.15) is 0 Å². The van der Waals surface area contributed by atoms with E-state index in [2.05, 4.69) is 11.5 Å². The molecule has 3 N–H and O–H groups in total. The lowest BCUT2D eigenvalue weighted by molar-refractivity contribution is 0.516. The van der Waals surface area contributed by atoms with Crippen molar-refractivity contribution in [3.05, 3.63) is 35.0 Å². The SMILES string of the molecule is CCCn1c2c(c3c(F)c(F)ccc31)CCC2.N. The molecule has 4 heteroatoms. The molecular weight excluding hydrogens is 234 g/mol. The van der Waals surface area contributed by atoms with Crippen LogP contribution in [0.4, 0.5) is 8.78 Å². The quantitative estimate of drug-likeness (QED) is 0.862. The standard InChI is InChI=1S/C14H15F2N.H3N/c1-2-8-17-11-5-3-4-9(11)13-12(17)7-6-10(15)14(13)16;/h6-7H,2-5,8H2,1H3;1H3. The van der Waals surface area contributed by atoms with Gasteiger partial charge in [-0.05, 0) is 43.4 Å². The number of aromatic nitrogens is 1. The fraction of sp³-hybridized carbons (Fsp3) is 0.429. The van der Waals surface area contributed by atoms with Gasteiger partial charge in [-0.2, -0.15) is 0 Å². The van der Waals surface area contributed by atoms with Gasteiger partial charge in [0.05, 0.1) is 5.52 Å². The first-order valence-corrected chi connectivity index (χ1v) is 6.22. The molecule has 0 fully saturated rings. The van der Waals surface area contributed by atoms with Crippen LogP contribution in [0.15, 0.2) is 12.1 Å². The summed E-state index contributed by atoms with van der Waals surface area (Å²) in [6.07, 6.45) is 3.93. The Kier molecular flexibility index (Phi) is 3.39. The predicted octanol–water partition coefficient (Wildman–Crippen LogP) is 3.98. The van der Waals surface area contributed by atoms with Crippen molar-refractivity contribution in [2.24, 2.45) is 0 Å². The van der Waals surface area contributed by atoms with Crippen molar-refractivity contribution >= 4 is 10.9 Å². The minimum atomic E-state index is -0.735. The number of halogens is 2. The van der Waals surface area contributed by atoms with Crippen LogP contribution in [0.25, 0.3) is 10.9 Å². The van der Waals surface area contributed by atoms with Crippen LogP contribution in [0.5, 0.6) is 0 Å². The van der Waals surface area contributed by atoms with Gasteiger partial charge < -0.3 is 10.7 Å². The zero-order valence-corrected chi connectivity index (χ0v) is 10.6. The van der Waals surface area contributed by atoms with E-state index in [9.17, 15) is 8.78 Å². The van der Waals surface area contributed by atoms with Crippen LogP contribution in [0, 0.1) is 11.6 Å². The molecule has 1 heterocycles. The summed E-state index contributed by atoms with van der Waals surface area (Å²) in [6.45, 7) is 2.99. The maximum Gasteiger partial charge on any atom is 0.168 e. The number of benzene rings is 1. The highest BCUT2D eigenvalue weighted by atomic mass is 19.2. The van der Waals surface area contributed by atoms with Gasteiger partial charge in [-0.1, -0.05) is 6.92 Å². The normalized spacial score (nSPS) is 13.7. The second-order valence-electron chi connectivity index (χ2n) is 4.69. The summed E-state index contributed by atoms with van der Waals surface area (Å²) in [5, 5.41) is 0.519. The fourth-order valence-corrected chi connectivity index (χ4v) is 2.97. The molecule has 1 aromatic carbocycles. The van der Waals surface area contributed by atoms with E-state index >= 15 is 0 Å². The van der Waals surface area contributed by atoms with Crippen LogP contribution in [0.3, 0.4) is 0 Å². The van der Waals surface area contributed by atoms with Gasteiger partial charge in [0.2, 0.25) is 0 Å². The number of fused-ring (bicyclic) bond motifs is 3. The van der Waals surface area contributed by atoms with Crippen molar-refractivity contribution in [2.45, 2.75) is 39.2 Å². The summed E-state index contributed by atoms with van der Waals surface area (Å²) >= 11 is 0. The Morgan fingerprint density at radius 3 is 2.72 bits per heavy atom. The van der Waals surface area contributed by atoms with E-state index in [4.69, 9.17) is 0 Å². The number of rotatable bonds is 2. The molecule has 0 saturated heterocycles. The molecule has 0 bridgehead atoms. The Labute approximate surface area is 105 Å². The van der Waals surface area contributed by atoms with Gasteiger partial charge in [-0.3, -0.25) is 0 Å². The van der Waals surface area contributed by atoms with E-state index in [1.807, 2.05) is 0 Å². The fourth-order valence-electron chi connectivity index (χ4n) is 2.97. The van der Waals surface area contributed by atoms with Crippen LogP contribution in [0.1, 0.15) is 31.0 Å². The van der Waals surface area contributed by atoms with Crippen molar-refractivity contribution in [1.29, 1.82) is 0 Å². The number of hydrogen-bond donors (Lipinski definition) is 1. The monoisotopic (exact) mass is 252 g/mol. The molecule has 2 aromatic rings. The van der Waals surface area contributed by atoms with E-state index in [1.54, 1.807) is 6.07 Å². The number of nitrogens with zero attached hydrogens (tertiary/aromatic N) is 1. The highest BCUT2D eigenvalue weighted by molar-refractivity contribution is 5.87. The largest absolute Gasteiger partial charge is 0.344 e. The summed E-state index contributed by atoms with van der Waals surface area (Å²) < 4.78 is 29.4. The minimum absolute atomic E-state index is 0. The van der Waals surface area contributed by atoms with Crippen LogP contribution in [-0.4, -0.2) is 4.57 Å². The summed E-state index contributed by atoms with van der Waals surface area (Å²) in [6, 6.07) is 2.95. The Balaban J connectivity index is 0.00000120. The Hall–Kier alpha value is -1.42. The molecule has 18 heavy (non-hydrogen) atoms. The third-order valence-corrected chi connectivity index (χ3v) is 3.63. The van der Waals surface area contributed by atoms with Gasteiger partial charge >= 0.3 is 0 Å². The Bertz CT molecular complexity index is 587. The Morgan fingerprint density at radius 1 is 1.22 bits per heavy atom. The van der Waals surface area contributed by atoms with Gasteiger partial charge in [-0.25, -0.2) is 8.78 Å². The van der Waals surface area contributed by atoms with Gasteiger partial charge in [0.25, 0.3) is 0 Å². The first-order valence-electron chi connectivity index (χ1n) is 6.22. The maximum absolute atomic E-state index is 13.9. The molecule has 0 aliphatic heterocycles. The molecule has 1 aliphatic rings. The molecule has 2 nitrogen and oxygen atoms in total. The van der Waals surface area contributed by atoms with Crippen molar-refractivity contribution in [2.75, 3.05) is 0 Å². The molecule has 0 saturated carbocycles. The number of hydrogen-bond acceptors (Lipinski definition) is 1. The first kappa shape index (κ1) is 13.0. The smallest absolute Gasteiger partial charge is 0.168 e. The Morgan fingerprint density at radius 2 is 2.00 bits per heavy atom. The maximum atomic E-state index is 13.9. The van der Waals surface area contributed by atoms with Crippen LogP contribution in [0.2, 0.25) is 0 Å². The molecule has 1 aliphatic carbocycles. The van der Waals surface area contributed by atoms with Crippen molar-refractivity contribution < 1.29 is 8.78 Å². The lowest BCUT2D eigenvalue weighted by atomic mass is 10.1. The lowest BCUT2D eigenvalue weighted by Gasteiger charge is -2.07. The molecule has 98 valence electrons. The molecule has 0 atom stereocenters. The van der Waals surface area contributed by atoms with E-state index in [-0.39, 0.29) is 6.15 Å². The number of aryl methyl sites for hydroxylation is 2. The van der Waals surface area contributed by atoms with Crippen molar-refractivity contribution in [3.63, 3.8) is 0 Å². The zero-order chi connectivity index (χ0) is 12.0. The van der Waals surface area contributed by atoms with Crippen LogP contribution >= 0.6 is 0 Å². The zero-order valence-electron chi connectivity index (χ0n) is 10.6. The molecule has 0 unspecified atom stereocenters. The lowest BCUT2D eigenvalue weighted by Crippen LogP contribution is -2.01. The average Bonchev–Trinajstić information content (AvgIpc) is 2.87. The summed E-state index contributed by atoms with van der Waals surface area (Å²) in [4.78, 5) is 0. The molecule has 0 amide bonds. The highest BCUT2D eigenvalue weighted by Crippen LogP contribution is 2.35. The topological polar surface area (TPSA) is 39.9 Å². The van der Waals surface area contributed by atoms with Crippen LogP contribution < -0.4 is 6.15 Å². The van der Waals surface area contributed by atoms with Gasteiger partial charge in [0.15, 0.2) is 11.6 Å². The summed E-state index contributed by atoms with van der Waals surface area (Å²) in [7, 11) is 0. The third-order valence-electron chi connectivity index (χ3n) is 3.63. The average molecular weight is 252 g/mol. The minimum Gasteiger partial charge on any atom is -0.344 e. The highest BCUT2D eigenvalue weighted by Gasteiger charge is 2.24. The molecule has 0 spiro atoms. The van der Waals surface area contributed by atoms with Gasteiger partial charge in [0, 0.05) is 17.6 Å². The first-order chi connectivity index (χ1) is 8.24. The summed E-state index contributed by atoms with van der Waals surface area (Å²) in [5.41, 5.74) is 3.10. The second kappa shape index (κ2) is 4.69. The van der Waals surface area contributed by atoms with Gasteiger partial charge in [-0.15, -0.1) is 0 Å². The molecule has 3 rings (SSSR count). The van der Waals surface area contributed by atoms with E-state index in [0.29, 0.717) is 5.39 Å². The predicted molar refractivity (Wildman–Crippen MR) is 69.2 cm³/mol. The van der Waals surface area contributed by atoms with Crippen molar-refractivity contribution in [1.82, 2.24) is 10.7 Å². The van der Waals surface area contributed by atoms with E-state index in [0.717, 1.165) is 43.3 Å². The van der Waals surface area contributed by atoms with E-state index in [1.165, 1.54) is 11.8 Å². The van der Waals surface area contributed by atoms with Crippen LogP contribution in [-0.2, 0) is 19.4 Å². The third kappa shape index (κ3) is 1.63. The summed E-state index contributed by atoms with van der Waals surface area (Å²) in [5.74, 6) is -1.41. The molecular formula is C14H18F2N2. The second-order valence-corrected chi connectivity index (χ2v) is 4.69. The van der Waals surface area contributed by atoms with E-state index < -0.39 is 11.6 Å². The molecule has 1 aromatic heterocycles. The molecule has 0 radical (unpaired) electrons.